The summed E-state index contributed by atoms with van der Waals surface area (Å²) < 4.78 is 0. The third-order valence-corrected chi connectivity index (χ3v) is 7.74. The van der Waals surface area contributed by atoms with E-state index in [2.05, 4.69) is 5.32 Å². The van der Waals surface area contributed by atoms with E-state index in [-0.39, 0.29) is 11.8 Å². The van der Waals surface area contributed by atoms with Crippen LogP contribution < -0.4 is 5.32 Å². The van der Waals surface area contributed by atoms with Crippen LogP contribution in [0.15, 0.2) is 97.1 Å². The smallest absolute Gasteiger partial charge is 0.329 e. The summed E-state index contributed by atoms with van der Waals surface area (Å²) in [6, 6.07) is 30.7. The van der Waals surface area contributed by atoms with Crippen molar-refractivity contribution in [3.8, 4) is 22.3 Å². The van der Waals surface area contributed by atoms with Gasteiger partial charge in [-0.3, -0.25) is 9.59 Å². The van der Waals surface area contributed by atoms with Crippen LogP contribution in [0.4, 0.5) is 5.69 Å². The lowest BCUT2D eigenvalue weighted by molar-refractivity contribution is -0.155. The van der Waals surface area contributed by atoms with Gasteiger partial charge in [-0.25, -0.2) is 4.79 Å². The Labute approximate surface area is 220 Å². The van der Waals surface area contributed by atoms with E-state index in [1.165, 1.54) is 4.90 Å². The van der Waals surface area contributed by atoms with Gasteiger partial charge in [0.25, 0.3) is 11.8 Å². The van der Waals surface area contributed by atoms with Gasteiger partial charge in [0.1, 0.15) is 5.54 Å². The fourth-order valence-corrected chi connectivity index (χ4v) is 5.33. The average molecular weight is 503 g/mol. The minimum absolute atomic E-state index is 0.191. The molecule has 2 amide bonds. The van der Waals surface area contributed by atoms with Crippen LogP contribution >= 0.6 is 0 Å². The monoisotopic (exact) mass is 502 g/mol. The van der Waals surface area contributed by atoms with E-state index >= 15 is 0 Å². The predicted molar refractivity (Wildman–Crippen MR) is 146 cm³/mol. The number of carboxylic acids is 1. The second-order valence-electron chi connectivity index (χ2n) is 9.93. The Morgan fingerprint density at radius 2 is 1.37 bits per heavy atom. The Balaban J connectivity index is 1.15. The molecule has 0 radical (unpaired) electrons. The number of aliphatic carboxylic acids is 1. The van der Waals surface area contributed by atoms with E-state index in [1.807, 2.05) is 97.1 Å². The molecule has 1 aliphatic carbocycles. The molecular formula is C32H26N2O4. The minimum Gasteiger partial charge on any atom is -0.479 e. The van der Waals surface area contributed by atoms with Crippen LogP contribution in [0.3, 0.4) is 0 Å². The Bertz CT molecular complexity index is 1540. The molecule has 1 saturated carbocycles. The molecule has 2 N–H and O–H groups in total. The molecule has 6 rings (SSSR count). The molecular weight excluding hydrogens is 476 g/mol. The number of nitrogens with one attached hydrogen (secondary N) is 1. The van der Waals surface area contributed by atoms with Gasteiger partial charge >= 0.3 is 5.97 Å². The Morgan fingerprint density at radius 3 is 2.00 bits per heavy atom. The summed E-state index contributed by atoms with van der Waals surface area (Å²) in [6.07, 6.45) is 1.82. The lowest BCUT2D eigenvalue weighted by Gasteiger charge is -2.44. The van der Waals surface area contributed by atoms with Crippen molar-refractivity contribution in [2.75, 3.05) is 5.32 Å². The zero-order valence-corrected chi connectivity index (χ0v) is 20.7. The minimum atomic E-state index is -1.07. The number of hydrogen-bond donors (Lipinski definition) is 2. The summed E-state index contributed by atoms with van der Waals surface area (Å²) in [5.41, 5.74) is 5.50. The molecule has 4 aromatic rings. The van der Waals surface area contributed by atoms with Crippen LogP contribution in [0.1, 0.15) is 45.5 Å². The highest BCUT2D eigenvalue weighted by molar-refractivity contribution is 6.05. The highest BCUT2D eigenvalue weighted by Gasteiger charge is 2.53. The topological polar surface area (TPSA) is 86.7 Å². The molecule has 0 spiro atoms. The molecule has 188 valence electrons. The van der Waals surface area contributed by atoms with Crippen molar-refractivity contribution < 1.29 is 19.5 Å². The van der Waals surface area contributed by atoms with Crippen LogP contribution in [0, 0.1) is 0 Å². The lowest BCUT2D eigenvalue weighted by atomic mass is 9.75. The first-order valence-electron chi connectivity index (χ1n) is 12.7. The second kappa shape index (κ2) is 9.30. The third kappa shape index (κ3) is 4.04. The first kappa shape index (κ1) is 23.7. The summed E-state index contributed by atoms with van der Waals surface area (Å²) >= 11 is 0. The number of hydrogen-bond acceptors (Lipinski definition) is 3. The third-order valence-electron chi connectivity index (χ3n) is 7.74. The zero-order chi connectivity index (χ0) is 26.3. The van der Waals surface area contributed by atoms with Gasteiger partial charge in [0.05, 0.1) is 0 Å². The molecule has 2 aliphatic rings. The normalized spacial score (nSPS) is 15.5. The van der Waals surface area contributed by atoms with Gasteiger partial charge in [-0.2, -0.15) is 0 Å². The molecule has 4 aromatic carbocycles. The number of anilines is 1. The van der Waals surface area contributed by atoms with Crippen molar-refractivity contribution in [2.45, 2.75) is 31.3 Å². The first-order valence-corrected chi connectivity index (χ1v) is 12.7. The molecule has 0 saturated heterocycles. The van der Waals surface area contributed by atoms with Gasteiger partial charge in [0.2, 0.25) is 0 Å². The number of carbonyl (C=O) groups excluding carboxylic acids is 2. The number of fused-ring (bicyclic) bond motifs is 1. The highest BCUT2D eigenvalue weighted by atomic mass is 16.4. The number of amides is 2. The fourth-order valence-electron chi connectivity index (χ4n) is 5.33. The number of nitrogens with zero attached hydrogens (tertiary/aromatic N) is 1. The van der Waals surface area contributed by atoms with Crippen molar-refractivity contribution >= 4 is 23.5 Å². The van der Waals surface area contributed by atoms with E-state index in [0.717, 1.165) is 34.2 Å². The fraction of sp³-hybridized carbons (Fsp3) is 0.156. The molecule has 6 nitrogen and oxygen atoms in total. The molecule has 0 bridgehead atoms. The molecule has 0 aromatic heterocycles. The summed E-state index contributed by atoms with van der Waals surface area (Å²) in [6.45, 7) is 0.331. The molecule has 1 heterocycles. The van der Waals surface area contributed by atoms with Crippen molar-refractivity contribution in [2.24, 2.45) is 0 Å². The van der Waals surface area contributed by atoms with Crippen molar-refractivity contribution in [1.29, 1.82) is 0 Å². The molecule has 1 aliphatic heterocycles. The van der Waals surface area contributed by atoms with Crippen LogP contribution in [-0.2, 0) is 11.3 Å². The Morgan fingerprint density at radius 1 is 0.763 bits per heavy atom. The zero-order valence-electron chi connectivity index (χ0n) is 20.7. The maximum Gasteiger partial charge on any atom is 0.329 e. The maximum absolute atomic E-state index is 13.2. The number of rotatable bonds is 6. The molecule has 0 atom stereocenters. The standard InChI is InChI=1S/C32H26N2O4/c35-29(24-9-7-22(8-10-24)21-5-2-1-3-6-21)33-27-15-13-23(14-16-27)25-11-12-26-20-34(30(36)28(26)19-25)32(31(37)38)17-4-18-32/h1-3,5-16,19H,4,17-18,20H2,(H,33,35)(H,37,38). The number of carbonyl (C=O) groups is 3. The van der Waals surface area contributed by atoms with Crippen molar-refractivity contribution in [3.63, 3.8) is 0 Å². The van der Waals surface area contributed by atoms with Gasteiger partial charge in [-0.1, -0.05) is 66.7 Å². The van der Waals surface area contributed by atoms with Crippen molar-refractivity contribution in [1.82, 2.24) is 4.90 Å². The van der Waals surface area contributed by atoms with Gasteiger partial charge in [0, 0.05) is 23.4 Å². The van der Waals surface area contributed by atoms with E-state index in [0.29, 0.717) is 36.2 Å². The molecule has 38 heavy (non-hydrogen) atoms. The van der Waals surface area contributed by atoms with Crippen LogP contribution in [0.5, 0.6) is 0 Å². The lowest BCUT2D eigenvalue weighted by Crippen LogP contribution is -2.59. The van der Waals surface area contributed by atoms with Gasteiger partial charge < -0.3 is 15.3 Å². The van der Waals surface area contributed by atoms with E-state index < -0.39 is 11.5 Å². The van der Waals surface area contributed by atoms with Gasteiger partial charge in [-0.05, 0) is 77.4 Å². The molecule has 0 unspecified atom stereocenters. The average Bonchev–Trinajstić information content (AvgIpc) is 3.24. The number of benzene rings is 4. The SMILES string of the molecule is O=C(Nc1ccc(-c2ccc3c(c2)C(=O)N(C2(C(=O)O)CCC2)C3)cc1)c1ccc(-c2ccccc2)cc1. The summed E-state index contributed by atoms with van der Waals surface area (Å²) in [5.74, 6) is -1.33. The van der Waals surface area contributed by atoms with Crippen LogP contribution in [0.25, 0.3) is 22.3 Å². The summed E-state index contributed by atoms with van der Waals surface area (Å²) in [7, 11) is 0. The highest BCUT2D eigenvalue weighted by Crippen LogP contribution is 2.43. The second-order valence-corrected chi connectivity index (χ2v) is 9.93. The van der Waals surface area contributed by atoms with Gasteiger partial charge in [-0.15, -0.1) is 0 Å². The van der Waals surface area contributed by atoms with Gasteiger partial charge in [0.15, 0.2) is 0 Å². The summed E-state index contributed by atoms with van der Waals surface area (Å²) in [4.78, 5) is 39.4. The maximum atomic E-state index is 13.2. The van der Waals surface area contributed by atoms with E-state index in [1.54, 1.807) is 0 Å². The largest absolute Gasteiger partial charge is 0.479 e. The first-order chi connectivity index (χ1) is 18.4. The molecule has 1 fully saturated rings. The predicted octanol–water partition coefficient (Wildman–Crippen LogP) is 6.24. The Hall–Kier alpha value is -4.71. The van der Waals surface area contributed by atoms with E-state index in [9.17, 15) is 19.5 Å². The van der Waals surface area contributed by atoms with Crippen LogP contribution in [0.2, 0.25) is 0 Å². The molecule has 6 heteroatoms. The summed E-state index contributed by atoms with van der Waals surface area (Å²) in [5, 5.41) is 12.7. The number of carboxylic acid groups (broad SMARTS) is 1. The van der Waals surface area contributed by atoms with Crippen LogP contribution in [-0.4, -0.2) is 33.3 Å². The quantitative estimate of drug-likeness (QED) is 0.327. The Kier molecular flexibility index (Phi) is 5.80. The van der Waals surface area contributed by atoms with E-state index in [4.69, 9.17) is 0 Å². The van der Waals surface area contributed by atoms with Crippen molar-refractivity contribution in [3.05, 3.63) is 114 Å².